The molecule has 0 heterocycles. The number of thioether (sulfide) groups is 1. The highest BCUT2D eigenvalue weighted by Crippen LogP contribution is 2.22. The second-order valence-corrected chi connectivity index (χ2v) is 6.54. The lowest BCUT2D eigenvalue weighted by atomic mass is 10.2. The molecule has 9 heteroatoms. The summed E-state index contributed by atoms with van der Waals surface area (Å²) >= 11 is 0.736. The quantitative estimate of drug-likeness (QED) is 0.654. The molecule has 2 aromatic rings. The van der Waals surface area contributed by atoms with Crippen LogP contribution in [0.5, 0.6) is 5.75 Å². The highest BCUT2D eigenvalue weighted by Gasteiger charge is 2.17. The number of esters is 1. The van der Waals surface area contributed by atoms with Crippen molar-refractivity contribution in [3.8, 4) is 5.75 Å². The maximum atomic E-state index is 12.2. The van der Waals surface area contributed by atoms with Gasteiger partial charge < -0.3 is 20.3 Å². The van der Waals surface area contributed by atoms with Gasteiger partial charge in [0, 0.05) is 12.7 Å². The maximum absolute atomic E-state index is 12.2. The SMILES string of the molecule is CC(N)=O.O=C(O)CCSC(=O)Oc1ccccc1C(=O)OCc1ccccc1. The minimum absolute atomic E-state index is 0.0772. The largest absolute Gasteiger partial charge is 0.481 e. The van der Waals surface area contributed by atoms with Crippen LogP contribution >= 0.6 is 11.8 Å². The Labute approximate surface area is 172 Å². The number of hydrogen-bond acceptors (Lipinski definition) is 7. The van der Waals surface area contributed by atoms with E-state index >= 15 is 0 Å². The van der Waals surface area contributed by atoms with Gasteiger partial charge in [0.05, 0.1) is 6.42 Å². The summed E-state index contributed by atoms with van der Waals surface area (Å²) in [5.41, 5.74) is 5.44. The van der Waals surface area contributed by atoms with Gasteiger partial charge in [-0.15, -0.1) is 0 Å². The molecular weight excluding hydrogens is 398 g/mol. The van der Waals surface area contributed by atoms with Gasteiger partial charge in [-0.2, -0.15) is 0 Å². The first-order valence-electron chi connectivity index (χ1n) is 8.42. The zero-order valence-corrected chi connectivity index (χ0v) is 16.5. The van der Waals surface area contributed by atoms with E-state index < -0.39 is 17.2 Å². The van der Waals surface area contributed by atoms with Crippen molar-refractivity contribution in [2.24, 2.45) is 5.73 Å². The lowest BCUT2D eigenvalue weighted by molar-refractivity contribution is -0.136. The van der Waals surface area contributed by atoms with Crippen LogP contribution in [0.15, 0.2) is 54.6 Å². The van der Waals surface area contributed by atoms with E-state index in [0.29, 0.717) is 0 Å². The lowest BCUT2D eigenvalue weighted by Crippen LogP contribution is -2.10. The molecule has 0 spiro atoms. The number of benzene rings is 2. The fourth-order valence-corrected chi connectivity index (χ4v) is 2.46. The molecule has 2 rings (SSSR count). The van der Waals surface area contributed by atoms with E-state index in [4.69, 9.17) is 14.6 Å². The average molecular weight is 419 g/mol. The molecule has 8 nitrogen and oxygen atoms in total. The minimum atomic E-state index is -0.995. The van der Waals surface area contributed by atoms with E-state index in [0.717, 1.165) is 17.3 Å². The number of primary amides is 1. The van der Waals surface area contributed by atoms with Crippen molar-refractivity contribution in [1.29, 1.82) is 0 Å². The molecule has 1 amide bonds. The monoisotopic (exact) mass is 419 g/mol. The summed E-state index contributed by atoms with van der Waals surface area (Å²) in [4.78, 5) is 43.6. The standard InChI is InChI=1S/C18H16O6S.C2H5NO/c19-16(20)10-11-25-18(22)24-15-9-5-4-8-14(15)17(21)23-12-13-6-2-1-3-7-13;1-2(3)4/h1-9H,10-12H2,(H,19,20);1H3,(H2,3,4). The molecule has 3 N–H and O–H groups in total. The smallest absolute Gasteiger partial charge is 0.372 e. The van der Waals surface area contributed by atoms with Crippen LogP contribution < -0.4 is 10.5 Å². The second kappa shape index (κ2) is 12.9. The van der Waals surface area contributed by atoms with Crippen molar-refractivity contribution in [1.82, 2.24) is 0 Å². The molecular formula is C20H21NO7S. The molecule has 0 aliphatic heterocycles. The van der Waals surface area contributed by atoms with Crippen LogP contribution in [0.25, 0.3) is 0 Å². The van der Waals surface area contributed by atoms with Crippen LogP contribution in [-0.4, -0.2) is 34.0 Å². The van der Waals surface area contributed by atoms with Crippen molar-refractivity contribution in [2.75, 3.05) is 5.75 Å². The molecule has 0 aliphatic carbocycles. The summed E-state index contributed by atoms with van der Waals surface area (Å²) in [6, 6.07) is 15.4. The summed E-state index contributed by atoms with van der Waals surface area (Å²) in [6.07, 6.45) is -0.152. The Hall–Kier alpha value is -3.33. The van der Waals surface area contributed by atoms with Crippen LogP contribution in [0.3, 0.4) is 0 Å². The zero-order chi connectivity index (χ0) is 21.6. The van der Waals surface area contributed by atoms with Gasteiger partial charge in [0.2, 0.25) is 5.91 Å². The van der Waals surface area contributed by atoms with Crippen LogP contribution in [0.4, 0.5) is 4.79 Å². The molecule has 29 heavy (non-hydrogen) atoms. The van der Waals surface area contributed by atoms with Crippen molar-refractivity contribution in [3.63, 3.8) is 0 Å². The molecule has 0 fully saturated rings. The average Bonchev–Trinajstić information content (AvgIpc) is 2.66. The Morgan fingerprint density at radius 1 is 1.00 bits per heavy atom. The molecule has 2 aromatic carbocycles. The van der Waals surface area contributed by atoms with Crippen LogP contribution in [0, 0.1) is 0 Å². The number of para-hydroxylation sites is 1. The van der Waals surface area contributed by atoms with Gasteiger partial charge in [0.15, 0.2) is 0 Å². The Morgan fingerprint density at radius 2 is 1.59 bits per heavy atom. The maximum Gasteiger partial charge on any atom is 0.372 e. The van der Waals surface area contributed by atoms with Crippen LogP contribution in [-0.2, 0) is 20.9 Å². The van der Waals surface area contributed by atoms with Gasteiger partial charge in [-0.1, -0.05) is 42.5 Å². The van der Waals surface area contributed by atoms with Crippen molar-refractivity contribution in [3.05, 3.63) is 65.7 Å². The Balaban J connectivity index is 0.000000960. The fraction of sp³-hybridized carbons (Fsp3) is 0.200. The molecule has 0 aliphatic rings. The van der Waals surface area contributed by atoms with Crippen LogP contribution in [0.1, 0.15) is 29.3 Å². The number of rotatable bonds is 7. The van der Waals surface area contributed by atoms with Gasteiger partial charge in [-0.05, 0) is 29.5 Å². The fourth-order valence-electron chi connectivity index (χ4n) is 1.87. The predicted molar refractivity (Wildman–Crippen MR) is 108 cm³/mol. The normalized spacial score (nSPS) is 9.55. The molecule has 0 saturated heterocycles. The van der Waals surface area contributed by atoms with Gasteiger partial charge in [0.25, 0.3) is 0 Å². The third kappa shape index (κ3) is 10.5. The van der Waals surface area contributed by atoms with E-state index in [1.54, 1.807) is 12.1 Å². The van der Waals surface area contributed by atoms with Gasteiger partial charge in [0.1, 0.15) is 17.9 Å². The number of ether oxygens (including phenoxy) is 2. The predicted octanol–water partition coefficient (Wildman–Crippen LogP) is 3.24. The van der Waals surface area contributed by atoms with E-state index in [9.17, 15) is 19.2 Å². The topological polar surface area (TPSA) is 133 Å². The van der Waals surface area contributed by atoms with E-state index in [1.807, 2.05) is 30.3 Å². The zero-order valence-electron chi connectivity index (χ0n) is 15.7. The Bertz CT molecular complexity index is 836. The van der Waals surface area contributed by atoms with E-state index in [1.165, 1.54) is 19.1 Å². The molecule has 0 saturated carbocycles. The number of amides is 1. The Morgan fingerprint density at radius 3 is 2.21 bits per heavy atom. The first-order valence-corrected chi connectivity index (χ1v) is 9.40. The number of aliphatic carboxylic acids is 1. The molecule has 154 valence electrons. The molecule has 0 unspecified atom stereocenters. The number of carboxylic acids is 1. The lowest BCUT2D eigenvalue weighted by Gasteiger charge is -2.09. The number of nitrogens with two attached hydrogens (primary N) is 1. The third-order valence-corrected chi connectivity index (χ3v) is 3.78. The molecule has 0 atom stereocenters. The molecule has 0 aromatic heterocycles. The van der Waals surface area contributed by atoms with Crippen molar-refractivity contribution >= 4 is 34.9 Å². The summed E-state index contributed by atoms with van der Waals surface area (Å²) in [5, 5.41) is 7.88. The summed E-state index contributed by atoms with van der Waals surface area (Å²) in [5.74, 6) is -1.77. The van der Waals surface area contributed by atoms with Gasteiger partial charge in [-0.25, -0.2) is 9.59 Å². The number of carboxylic acid groups (broad SMARTS) is 1. The summed E-state index contributed by atoms with van der Waals surface area (Å²) in [7, 11) is 0. The first-order chi connectivity index (χ1) is 13.8. The number of carbonyl (C=O) groups excluding carboxylic acids is 3. The molecule has 0 bridgehead atoms. The third-order valence-electron chi connectivity index (χ3n) is 3.05. The Kier molecular flexibility index (Phi) is 10.6. The number of hydrogen-bond donors (Lipinski definition) is 2. The summed E-state index contributed by atoms with van der Waals surface area (Å²) < 4.78 is 10.4. The highest BCUT2D eigenvalue weighted by molar-refractivity contribution is 8.13. The first kappa shape index (κ1) is 23.7. The summed E-state index contributed by atoms with van der Waals surface area (Å²) in [6.45, 7) is 1.41. The number of carbonyl (C=O) groups is 4. The molecule has 0 radical (unpaired) electrons. The van der Waals surface area contributed by atoms with E-state index in [-0.39, 0.29) is 36.0 Å². The second-order valence-electron chi connectivity index (χ2n) is 5.51. The van der Waals surface area contributed by atoms with E-state index in [2.05, 4.69) is 5.73 Å². The van der Waals surface area contributed by atoms with Crippen molar-refractivity contribution < 1.29 is 33.8 Å². The minimum Gasteiger partial charge on any atom is -0.481 e. The van der Waals surface area contributed by atoms with Crippen molar-refractivity contribution in [2.45, 2.75) is 20.0 Å². The van der Waals surface area contributed by atoms with Crippen LogP contribution in [0.2, 0.25) is 0 Å². The van der Waals surface area contributed by atoms with Gasteiger partial charge >= 0.3 is 17.2 Å². The van der Waals surface area contributed by atoms with Gasteiger partial charge in [-0.3, -0.25) is 9.59 Å². The highest BCUT2D eigenvalue weighted by atomic mass is 32.2.